The molecule has 0 spiro atoms. The molecule has 1 aliphatic heterocycles. The van der Waals surface area contributed by atoms with E-state index in [2.05, 4.69) is 5.10 Å². The smallest absolute Gasteiger partial charge is 0.188 e. The number of aromatic nitrogens is 2. The molecule has 15 heavy (non-hydrogen) atoms. The van der Waals surface area contributed by atoms with Crippen molar-refractivity contribution in [3.8, 4) is 0 Å². The molecule has 0 radical (unpaired) electrons. The van der Waals surface area contributed by atoms with E-state index in [0.717, 1.165) is 13.0 Å². The Balaban J connectivity index is 2.28. The average molecular weight is 210 g/mol. The van der Waals surface area contributed by atoms with Crippen LogP contribution in [0.15, 0.2) is 12.3 Å². The van der Waals surface area contributed by atoms with E-state index in [4.69, 9.17) is 4.74 Å². The van der Waals surface area contributed by atoms with E-state index < -0.39 is 12.2 Å². The molecule has 0 aromatic carbocycles. The monoisotopic (exact) mass is 210 g/mol. The fraction of sp³-hybridized carbons (Fsp3) is 0.600. The molecule has 2 rings (SSSR count). The summed E-state index contributed by atoms with van der Waals surface area (Å²) < 4.78 is 6.50. The molecule has 2 unspecified atom stereocenters. The number of ether oxygens (including phenoxy) is 1. The van der Waals surface area contributed by atoms with E-state index in [1.165, 1.54) is 7.11 Å². The van der Waals surface area contributed by atoms with Crippen LogP contribution in [-0.4, -0.2) is 34.1 Å². The van der Waals surface area contributed by atoms with Crippen LogP contribution in [0.4, 0.5) is 0 Å². The van der Waals surface area contributed by atoms with Crippen LogP contribution in [-0.2, 0) is 11.3 Å². The van der Waals surface area contributed by atoms with Crippen molar-refractivity contribution in [1.82, 2.24) is 9.78 Å². The van der Waals surface area contributed by atoms with Crippen molar-refractivity contribution >= 4 is 5.78 Å². The maximum absolute atomic E-state index is 12.0. The van der Waals surface area contributed by atoms with Gasteiger partial charge in [0.25, 0.3) is 0 Å². The lowest BCUT2D eigenvalue weighted by Crippen LogP contribution is -2.29. The number of aliphatic hydroxyl groups excluding tert-OH is 1. The third-order valence-electron chi connectivity index (χ3n) is 2.78. The Kier molecular flexibility index (Phi) is 2.83. The Morgan fingerprint density at radius 3 is 3.27 bits per heavy atom. The SMILES string of the molecule is COC(O)C1CCCn2nccc2C1=O. The first-order valence-electron chi connectivity index (χ1n) is 5.01. The average Bonchev–Trinajstić information content (AvgIpc) is 2.65. The maximum Gasteiger partial charge on any atom is 0.188 e. The lowest BCUT2D eigenvalue weighted by atomic mass is 9.97. The molecule has 2 heterocycles. The molecule has 5 heteroatoms. The fourth-order valence-corrected chi connectivity index (χ4v) is 1.94. The summed E-state index contributed by atoms with van der Waals surface area (Å²) in [6.45, 7) is 0.723. The molecule has 1 aromatic heterocycles. The third kappa shape index (κ3) is 1.80. The van der Waals surface area contributed by atoms with Crippen molar-refractivity contribution in [3.05, 3.63) is 18.0 Å². The van der Waals surface area contributed by atoms with Crippen LogP contribution in [0.1, 0.15) is 23.3 Å². The van der Waals surface area contributed by atoms with Gasteiger partial charge in [-0.05, 0) is 18.9 Å². The molecule has 1 N–H and O–H groups in total. The molecule has 1 aromatic rings. The van der Waals surface area contributed by atoms with Crippen LogP contribution in [0.25, 0.3) is 0 Å². The minimum Gasteiger partial charge on any atom is -0.367 e. The molecule has 2 atom stereocenters. The summed E-state index contributed by atoms with van der Waals surface area (Å²) in [5.41, 5.74) is 0.564. The van der Waals surface area contributed by atoms with Crippen molar-refractivity contribution in [3.63, 3.8) is 0 Å². The number of fused-ring (bicyclic) bond motifs is 1. The molecule has 0 saturated carbocycles. The summed E-state index contributed by atoms with van der Waals surface area (Å²) in [7, 11) is 1.40. The topological polar surface area (TPSA) is 64.3 Å². The largest absolute Gasteiger partial charge is 0.367 e. The van der Waals surface area contributed by atoms with Gasteiger partial charge in [-0.25, -0.2) is 0 Å². The highest BCUT2D eigenvalue weighted by Crippen LogP contribution is 2.22. The first-order chi connectivity index (χ1) is 7.24. The van der Waals surface area contributed by atoms with Gasteiger partial charge in [0.2, 0.25) is 0 Å². The van der Waals surface area contributed by atoms with E-state index in [0.29, 0.717) is 12.1 Å². The quantitative estimate of drug-likeness (QED) is 0.719. The van der Waals surface area contributed by atoms with Gasteiger partial charge in [-0.15, -0.1) is 0 Å². The number of rotatable bonds is 2. The molecule has 5 nitrogen and oxygen atoms in total. The second-order valence-corrected chi connectivity index (χ2v) is 3.68. The van der Waals surface area contributed by atoms with Gasteiger partial charge < -0.3 is 9.84 Å². The van der Waals surface area contributed by atoms with Gasteiger partial charge in [-0.2, -0.15) is 5.10 Å². The number of hydrogen-bond acceptors (Lipinski definition) is 4. The molecule has 0 aliphatic carbocycles. The number of ketones is 1. The normalized spacial score (nSPS) is 23.3. The maximum atomic E-state index is 12.0. The van der Waals surface area contributed by atoms with Gasteiger partial charge in [0.05, 0.1) is 5.92 Å². The van der Waals surface area contributed by atoms with Gasteiger partial charge in [0.15, 0.2) is 12.1 Å². The number of aliphatic hydroxyl groups is 1. The summed E-state index contributed by atoms with van der Waals surface area (Å²) in [5.74, 6) is -0.549. The van der Waals surface area contributed by atoms with Crippen LogP contribution in [0, 0.1) is 5.92 Å². The molecule has 0 fully saturated rings. The van der Waals surface area contributed by atoms with Gasteiger partial charge in [0.1, 0.15) is 5.69 Å². The second-order valence-electron chi connectivity index (χ2n) is 3.68. The van der Waals surface area contributed by atoms with Crippen molar-refractivity contribution in [2.45, 2.75) is 25.7 Å². The number of aryl methyl sites for hydroxylation is 1. The zero-order valence-corrected chi connectivity index (χ0v) is 8.59. The molecule has 0 bridgehead atoms. The van der Waals surface area contributed by atoms with Gasteiger partial charge in [-0.1, -0.05) is 0 Å². The second kappa shape index (κ2) is 4.12. The number of carbonyl (C=O) groups is 1. The lowest BCUT2D eigenvalue weighted by molar-refractivity contribution is -0.103. The van der Waals surface area contributed by atoms with E-state index >= 15 is 0 Å². The minimum absolute atomic E-state index is 0.0839. The summed E-state index contributed by atoms with van der Waals surface area (Å²) in [4.78, 5) is 12.0. The van der Waals surface area contributed by atoms with Crippen molar-refractivity contribution < 1.29 is 14.6 Å². The summed E-state index contributed by atoms with van der Waals surface area (Å²) in [6.07, 6.45) is 2.05. The van der Waals surface area contributed by atoms with Gasteiger partial charge in [0, 0.05) is 19.9 Å². The zero-order chi connectivity index (χ0) is 10.8. The molecule has 0 saturated heterocycles. The Bertz CT molecular complexity index is 361. The Morgan fingerprint density at radius 1 is 1.73 bits per heavy atom. The zero-order valence-electron chi connectivity index (χ0n) is 8.59. The predicted molar refractivity (Wildman–Crippen MR) is 52.3 cm³/mol. The highest BCUT2D eigenvalue weighted by Gasteiger charge is 2.31. The number of carbonyl (C=O) groups excluding carboxylic acids is 1. The Hall–Kier alpha value is -1.20. The third-order valence-corrected chi connectivity index (χ3v) is 2.78. The number of Topliss-reactive ketones (excluding diaryl/α,β-unsaturated/α-hetero) is 1. The van der Waals surface area contributed by atoms with E-state index in [1.807, 2.05) is 0 Å². The first kappa shape index (κ1) is 10.3. The van der Waals surface area contributed by atoms with Crippen LogP contribution in [0.5, 0.6) is 0 Å². The Morgan fingerprint density at radius 2 is 2.53 bits per heavy atom. The van der Waals surface area contributed by atoms with E-state index in [9.17, 15) is 9.90 Å². The summed E-state index contributed by atoms with van der Waals surface area (Å²) in [6, 6.07) is 1.68. The first-order valence-corrected chi connectivity index (χ1v) is 5.01. The highest BCUT2D eigenvalue weighted by atomic mass is 16.6. The van der Waals surface area contributed by atoms with Crippen molar-refractivity contribution in [2.24, 2.45) is 5.92 Å². The van der Waals surface area contributed by atoms with Crippen LogP contribution >= 0.6 is 0 Å². The van der Waals surface area contributed by atoms with E-state index in [1.54, 1.807) is 16.9 Å². The number of hydrogen-bond donors (Lipinski definition) is 1. The highest BCUT2D eigenvalue weighted by molar-refractivity contribution is 5.96. The molecular weight excluding hydrogens is 196 g/mol. The van der Waals surface area contributed by atoms with Crippen LogP contribution < -0.4 is 0 Å². The van der Waals surface area contributed by atoms with Gasteiger partial charge >= 0.3 is 0 Å². The van der Waals surface area contributed by atoms with Crippen LogP contribution in [0.3, 0.4) is 0 Å². The van der Waals surface area contributed by atoms with E-state index in [-0.39, 0.29) is 5.78 Å². The predicted octanol–water partition coefficient (Wildman–Crippen LogP) is 0.441. The Labute approximate surface area is 87.7 Å². The summed E-state index contributed by atoms with van der Waals surface area (Å²) in [5, 5.41) is 13.6. The molecule has 0 amide bonds. The minimum atomic E-state index is -1.01. The molecular formula is C10H14N2O3. The van der Waals surface area contributed by atoms with Crippen molar-refractivity contribution in [1.29, 1.82) is 0 Å². The standard InChI is InChI=1S/C10H14N2O3/c1-15-10(14)7-3-2-6-12-8(9(7)13)4-5-11-12/h4-5,7,10,14H,2-3,6H2,1H3. The fourth-order valence-electron chi connectivity index (χ4n) is 1.94. The molecule has 82 valence electrons. The molecule has 1 aliphatic rings. The number of nitrogens with zero attached hydrogens (tertiary/aromatic N) is 2. The van der Waals surface area contributed by atoms with Gasteiger partial charge in [-0.3, -0.25) is 9.48 Å². The number of methoxy groups -OCH3 is 1. The summed E-state index contributed by atoms with van der Waals surface area (Å²) >= 11 is 0. The van der Waals surface area contributed by atoms with Crippen LogP contribution in [0.2, 0.25) is 0 Å². The van der Waals surface area contributed by atoms with Crippen molar-refractivity contribution in [2.75, 3.05) is 7.11 Å². The lowest BCUT2D eigenvalue weighted by Gasteiger charge is -2.17.